The van der Waals surface area contributed by atoms with Gasteiger partial charge in [-0.05, 0) is 42.3 Å². The molecule has 0 atom stereocenters. The molecule has 5 nitrogen and oxygen atoms in total. The number of rotatable bonds is 3. The maximum absolute atomic E-state index is 13.1. The normalized spacial score (nSPS) is 11.9. The summed E-state index contributed by atoms with van der Waals surface area (Å²) in [6.07, 6.45) is 1.27. The summed E-state index contributed by atoms with van der Waals surface area (Å²) in [5.74, 6) is 1.10. The standard InChI is InChI=1S/C20H14BrF3N4O/c1-11-4-5-28(10-11)18-3-2-12(9-25-18)6-17-26-16-8-15(21)14(20(22,23)24)7-13(16)19(29)27-17/h2-5,7-10H,6H2,1H3,(H,26,27,29). The first-order chi connectivity index (χ1) is 13.7. The van der Waals surface area contributed by atoms with Crippen molar-refractivity contribution in [2.45, 2.75) is 19.5 Å². The highest BCUT2D eigenvalue weighted by atomic mass is 79.9. The molecule has 0 aliphatic rings. The number of nitrogens with one attached hydrogen (secondary N) is 1. The van der Waals surface area contributed by atoms with Gasteiger partial charge in [-0.15, -0.1) is 0 Å². The Morgan fingerprint density at radius 3 is 2.62 bits per heavy atom. The van der Waals surface area contributed by atoms with Crippen LogP contribution in [0, 0.1) is 6.92 Å². The number of hydrogen-bond acceptors (Lipinski definition) is 3. The summed E-state index contributed by atoms with van der Waals surface area (Å²) in [7, 11) is 0. The van der Waals surface area contributed by atoms with E-state index in [2.05, 4.69) is 30.9 Å². The number of aromatic nitrogens is 4. The first-order valence-corrected chi connectivity index (χ1v) is 9.39. The van der Waals surface area contributed by atoms with Gasteiger partial charge in [0.15, 0.2) is 0 Å². The van der Waals surface area contributed by atoms with E-state index in [0.717, 1.165) is 23.0 Å². The van der Waals surface area contributed by atoms with Gasteiger partial charge < -0.3 is 9.55 Å². The maximum Gasteiger partial charge on any atom is 0.417 e. The molecule has 0 fully saturated rings. The number of aryl methyl sites for hydroxylation is 1. The molecule has 0 unspecified atom stereocenters. The van der Waals surface area contributed by atoms with Crippen LogP contribution in [-0.2, 0) is 12.6 Å². The largest absolute Gasteiger partial charge is 0.417 e. The number of pyridine rings is 1. The van der Waals surface area contributed by atoms with E-state index in [4.69, 9.17) is 0 Å². The van der Waals surface area contributed by atoms with Gasteiger partial charge in [0.25, 0.3) is 5.56 Å². The fourth-order valence-electron chi connectivity index (χ4n) is 3.02. The highest BCUT2D eigenvalue weighted by Gasteiger charge is 2.33. The van der Waals surface area contributed by atoms with Crippen LogP contribution in [0.4, 0.5) is 13.2 Å². The zero-order valence-electron chi connectivity index (χ0n) is 15.1. The molecule has 0 bridgehead atoms. The summed E-state index contributed by atoms with van der Waals surface area (Å²) in [6.45, 7) is 1.99. The van der Waals surface area contributed by atoms with E-state index in [-0.39, 0.29) is 15.4 Å². The SMILES string of the molecule is Cc1ccn(-c2ccc(Cc3nc4cc(Br)c(C(F)(F)F)cc4c(=O)[nH]3)cn2)c1. The minimum absolute atomic E-state index is 0.110. The maximum atomic E-state index is 13.1. The van der Waals surface area contributed by atoms with E-state index in [9.17, 15) is 18.0 Å². The molecule has 4 rings (SSSR count). The average Bonchev–Trinajstić information content (AvgIpc) is 3.07. The van der Waals surface area contributed by atoms with Crippen molar-refractivity contribution in [2.75, 3.05) is 0 Å². The van der Waals surface area contributed by atoms with Crippen LogP contribution in [0.1, 0.15) is 22.5 Å². The molecular weight excluding hydrogens is 449 g/mol. The molecule has 9 heteroatoms. The molecule has 0 aliphatic heterocycles. The predicted molar refractivity (Wildman–Crippen MR) is 106 cm³/mol. The summed E-state index contributed by atoms with van der Waals surface area (Å²) in [4.78, 5) is 23.6. The number of H-pyrrole nitrogens is 1. The van der Waals surface area contributed by atoms with Crippen molar-refractivity contribution < 1.29 is 13.2 Å². The van der Waals surface area contributed by atoms with Crippen molar-refractivity contribution in [1.29, 1.82) is 0 Å². The van der Waals surface area contributed by atoms with Crippen LogP contribution in [0.3, 0.4) is 0 Å². The average molecular weight is 463 g/mol. The van der Waals surface area contributed by atoms with Crippen LogP contribution in [0.5, 0.6) is 0 Å². The minimum atomic E-state index is -4.57. The van der Waals surface area contributed by atoms with Crippen LogP contribution >= 0.6 is 15.9 Å². The number of fused-ring (bicyclic) bond motifs is 1. The fourth-order valence-corrected chi connectivity index (χ4v) is 3.58. The number of halogens is 4. The van der Waals surface area contributed by atoms with E-state index >= 15 is 0 Å². The Morgan fingerprint density at radius 2 is 2.00 bits per heavy atom. The third-order valence-corrected chi connectivity index (χ3v) is 5.09. The Kier molecular flexibility index (Phi) is 4.77. The van der Waals surface area contributed by atoms with E-state index in [1.54, 1.807) is 6.20 Å². The summed E-state index contributed by atoms with van der Waals surface area (Å²) >= 11 is 2.92. The lowest BCUT2D eigenvalue weighted by Gasteiger charge is -2.10. The number of benzene rings is 1. The molecule has 4 aromatic rings. The van der Waals surface area contributed by atoms with Gasteiger partial charge in [-0.1, -0.05) is 22.0 Å². The first-order valence-electron chi connectivity index (χ1n) is 8.60. The number of alkyl halides is 3. The first kappa shape index (κ1) is 19.4. The van der Waals surface area contributed by atoms with Gasteiger partial charge in [-0.3, -0.25) is 4.79 Å². The Hall–Kier alpha value is -2.94. The lowest BCUT2D eigenvalue weighted by atomic mass is 10.1. The monoisotopic (exact) mass is 462 g/mol. The molecule has 0 aliphatic carbocycles. The molecule has 0 spiro atoms. The summed E-state index contributed by atoms with van der Waals surface area (Å²) in [5.41, 5.74) is 0.594. The van der Waals surface area contributed by atoms with Crippen molar-refractivity contribution in [2.24, 2.45) is 0 Å². The van der Waals surface area contributed by atoms with Gasteiger partial charge in [-0.2, -0.15) is 13.2 Å². The topological polar surface area (TPSA) is 63.6 Å². The fraction of sp³-hybridized carbons (Fsp3) is 0.150. The van der Waals surface area contributed by atoms with E-state index in [0.29, 0.717) is 12.2 Å². The lowest BCUT2D eigenvalue weighted by molar-refractivity contribution is -0.138. The van der Waals surface area contributed by atoms with Crippen LogP contribution < -0.4 is 5.56 Å². The number of aromatic amines is 1. The molecule has 1 aromatic carbocycles. The molecule has 0 saturated heterocycles. The molecule has 29 heavy (non-hydrogen) atoms. The van der Waals surface area contributed by atoms with Crippen LogP contribution in [-0.4, -0.2) is 19.5 Å². The van der Waals surface area contributed by atoms with Crippen molar-refractivity contribution in [3.63, 3.8) is 0 Å². The van der Waals surface area contributed by atoms with Gasteiger partial charge in [0.1, 0.15) is 11.6 Å². The number of hydrogen-bond donors (Lipinski definition) is 1. The van der Waals surface area contributed by atoms with E-state index in [1.165, 1.54) is 6.07 Å². The van der Waals surface area contributed by atoms with Crippen LogP contribution in [0.15, 0.2) is 58.2 Å². The van der Waals surface area contributed by atoms with E-state index < -0.39 is 17.3 Å². The second kappa shape index (κ2) is 7.14. The van der Waals surface area contributed by atoms with Crippen LogP contribution in [0.2, 0.25) is 0 Å². The van der Waals surface area contributed by atoms with Gasteiger partial charge in [0.05, 0.1) is 16.5 Å². The molecule has 148 valence electrons. The third kappa shape index (κ3) is 3.95. The number of nitrogens with zero attached hydrogens (tertiary/aromatic N) is 3. The minimum Gasteiger partial charge on any atom is -0.310 e. The summed E-state index contributed by atoms with van der Waals surface area (Å²) in [6, 6.07) is 7.71. The predicted octanol–water partition coefficient (Wildman–Crippen LogP) is 4.79. The smallest absolute Gasteiger partial charge is 0.310 e. The zero-order valence-corrected chi connectivity index (χ0v) is 16.7. The summed E-state index contributed by atoms with van der Waals surface area (Å²) in [5, 5.41) is -0.110. The Labute approximate surface area is 171 Å². The van der Waals surface area contributed by atoms with E-state index in [1.807, 2.05) is 42.1 Å². The second-order valence-corrected chi connectivity index (χ2v) is 7.51. The molecular formula is C20H14BrF3N4O. The van der Waals surface area contributed by atoms with Gasteiger partial charge >= 0.3 is 6.18 Å². The molecule has 3 aromatic heterocycles. The quantitative estimate of drug-likeness (QED) is 0.476. The summed E-state index contributed by atoms with van der Waals surface area (Å²) < 4.78 is 40.9. The molecule has 0 radical (unpaired) electrons. The van der Waals surface area contributed by atoms with Crippen LogP contribution in [0.25, 0.3) is 16.7 Å². The molecule has 1 N–H and O–H groups in total. The van der Waals surface area contributed by atoms with Gasteiger partial charge in [0, 0.05) is 29.5 Å². The van der Waals surface area contributed by atoms with Gasteiger partial charge in [-0.25, -0.2) is 9.97 Å². The Morgan fingerprint density at radius 1 is 1.21 bits per heavy atom. The Bertz CT molecular complexity index is 1260. The highest BCUT2D eigenvalue weighted by Crippen LogP contribution is 2.36. The van der Waals surface area contributed by atoms with Crippen molar-refractivity contribution in [3.8, 4) is 5.82 Å². The van der Waals surface area contributed by atoms with Crippen molar-refractivity contribution in [1.82, 2.24) is 19.5 Å². The highest BCUT2D eigenvalue weighted by molar-refractivity contribution is 9.10. The zero-order chi connectivity index (χ0) is 20.8. The van der Waals surface area contributed by atoms with Crippen molar-refractivity contribution >= 4 is 26.8 Å². The molecule has 0 amide bonds. The van der Waals surface area contributed by atoms with Crippen molar-refractivity contribution in [3.05, 3.63) is 86.3 Å². The molecule has 3 heterocycles. The Balaban J connectivity index is 1.65. The lowest BCUT2D eigenvalue weighted by Crippen LogP contribution is -2.14. The molecule has 0 saturated carbocycles. The third-order valence-electron chi connectivity index (χ3n) is 4.43. The second-order valence-electron chi connectivity index (χ2n) is 6.66. The van der Waals surface area contributed by atoms with Gasteiger partial charge in [0.2, 0.25) is 0 Å².